The molecule has 4 N–H and O–H groups in total. The molecule has 2 fully saturated rings. The molecule has 0 bridgehead atoms. The van der Waals surface area contributed by atoms with Gasteiger partial charge in [-0.25, -0.2) is 0 Å². The van der Waals surface area contributed by atoms with Gasteiger partial charge in [0, 0.05) is 27.9 Å². The fourth-order valence-corrected chi connectivity index (χ4v) is 10.4. The van der Waals surface area contributed by atoms with E-state index in [1.807, 2.05) is 26.8 Å². The van der Waals surface area contributed by atoms with E-state index in [9.17, 15) is 34.8 Å². The van der Waals surface area contributed by atoms with Crippen molar-refractivity contribution in [1.82, 2.24) is 0 Å². The molecule has 1 aromatic rings. The van der Waals surface area contributed by atoms with E-state index in [1.165, 1.54) is 31.3 Å². The van der Waals surface area contributed by atoms with Crippen LogP contribution < -0.4 is 0 Å². The second kappa shape index (κ2) is 11.6. The predicted molar refractivity (Wildman–Crippen MR) is 186 cm³/mol. The van der Waals surface area contributed by atoms with Crippen LogP contribution in [0, 0.1) is 34.5 Å². The molecule has 0 radical (unpaired) electrons. The molecule has 1 aromatic carbocycles. The van der Waals surface area contributed by atoms with Crippen molar-refractivity contribution in [1.29, 1.82) is 0 Å². The van der Waals surface area contributed by atoms with Crippen LogP contribution in [0.3, 0.4) is 0 Å². The molecule has 1 unspecified atom stereocenters. The Hall–Kier alpha value is -3.45. The molecule has 0 aromatic heterocycles. The second-order valence-corrected chi connectivity index (χ2v) is 16.9. The van der Waals surface area contributed by atoms with Crippen LogP contribution in [0.15, 0.2) is 40.7 Å². The van der Waals surface area contributed by atoms with Crippen molar-refractivity contribution in [3.63, 3.8) is 0 Å². The summed E-state index contributed by atoms with van der Waals surface area (Å²) in [7, 11) is 0. The number of fused-ring (bicyclic) bond motifs is 3. The second-order valence-electron chi connectivity index (χ2n) is 16.9. The maximum Gasteiger partial charge on any atom is 0.203 e. The lowest BCUT2D eigenvalue weighted by atomic mass is 9.43. The van der Waals surface area contributed by atoms with Gasteiger partial charge in [0.2, 0.25) is 5.78 Å². The van der Waals surface area contributed by atoms with E-state index in [0.29, 0.717) is 17.9 Å². The van der Waals surface area contributed by atoms with Crippen LogP contribution in [0.5, 0.6) is 5.75 Å². The Morgan fingerprint density at radius 1 is 1.00 bits per heavy atom. The van der Waals surface area contributed by atoms with Crippen molar-refractivity contribution in [2.24, 2.45) is 34.5 Å². The molecule has 7 nitrogen and oxygen atoms in total. The van der Waals surface area contributed by atoms with Crippen LogP contribution in [-0.4, -0.2) is 43.4 Å². The van der Waals surface area contributed by atoms with Gasteiger partial charge in [-0.05, 0) is 91.9 Å². The van der Waals surface area contributed by atoms with Crippen LogP contribution in [0.25, 0.3) is 11.3 Å². The zero-order valence-electron chi connectivity index (χ0n) is 29.8. The Morgan fingerprint density at radius 3 is 2.23 bits per heavy atom. The lowest BCUT2D eigenvalue weighted by Gasteiger charge is -2.60. The van der Waals surface area contributed by atoms with Gasteiger partial charge in [-0.2, -0.15) is 0 Å². The maximum atomic E-state index is 14.7. The van der Waals surface area contributed by atoms with Gasteiger partial charge >= 0.3 is 0 Å². The van der Waals surface area contributed by atoms with E-state index in [4.69, 9.17) is 0 Å². The molecule has 0 saturated heterocycles. The summed E-state index contributed by atoms with van der Waals surface area (Å²) < 4.78 is 0. The summed E-state index contributed by atoms with van der Waals surface area (Å²) in [6.45, 7) is 14.7. The van der Waals surface area contributed by atoms with Crippen molar-refractivity contribution in [3.8, 4) is 5.75 Å². The van der Waals surface area contributed by atoms with Crippen LogP contribution in [0.2, 0.25) is 0 Å². The van der Waals surface area contributed by atoms with Gasteiger partial charge in [-0.3, -0.25) is 14.4 Å². The molecule has 2 saturated carbocycles. The highest BCUT2D eigenvalue weighted by Gasteiger charge is 2.72. The minimum atomic E-state index is -2.62. The number of carbonyl (C=O) groups excluding carboxylic acids is 3. The lowest BCUT2D eigenvalue weighted by Crippen LogP contribution is -2.69. The largest absolute Gasteiger partial charge is 0.508 e. The van der Waals surface area contributed by atoms with Crippen LogP contribution >= 0.6 is 0 Å². The summed E-state index contributed by atoms with van der Waals surface area (Å²) in [5.41, 5.74) is -0.974. The lowest BCUT2D eigenvalue weighted by molar-refractivity contribution is -0.178. The third-order valence-corrected chi connectivity index (χ3v) is 12.6. The van der Waals surface area contributed by atoms with Gasteiger partial charge in [0.15, 0.2) is 17.2 Å². The Kier molecular flexibility index (Phi) is 8.30. The monoisotopic (exact) mass is 656 g/mol. The van der Waals surface area contributed by atoms with Crippen molar-refractivity contribution >= 4 is 28.7 Å². The van der Waals surface area contributed by atoms with Gasteiger partial charge < -0.3 is 20.4 Å². The third kappa shape index (κ3) is 4.81. The Morgan fingerprint density at radius 2 is 1.65 bits per heavy atom. The zero-order valence-corrected chi connectivity index (χ0v) is 29.8. The predicted octanol–water partition coefficient (Wildman–Crippen LogP) is 8.24. The summed E-state index contributed by atoms with van der Waals surface area (Å²) in [4.78, 5) is 41.2. The van der Waals surface area contributed by atoms with Gasteiger partial charge in [0.05, 0.1) is 5.56 Å². The summed E-state index contributed by atoms with van der Waals surface area (Å²) in [5.74, 6) is -3.51. The summed E-state index contributed by atoms with van der Waals surface area (Å²) in [5, 5.41) is 48.0. The van der Waals surface area contributed by atoms with Crippen LogP contribution in [0.4, 0.5) is 0 Å². The fourth-order valence-electron chi connectivity index (χ4n) is 10.4. The van der Waals surface area contributed by atoms with E-state index in [2.05, 4.69) is 32.9 Å². The Labute approximate surface area is 284 Å². The average molecular weight is 657 g/mol. The molecule has 7 heteroatoms. The molecule has 6 rings (SSSR count). The Bertz CT molecular complexity index is 1740. The highest BCUT2D eigenvalue weighted by molar-refractivity contribution is 6.24. The van der Waals surface area contributed by atoms with E-state index in [0.717, 1.165) is 36.0 Å². The first-order valence-corrected chi connectivity index (χ1v) is 17.8. The number of ketones is 3. The standard InChI is InChI=1S/C41H52O7/c1-20(2)27-17-28(26-14-13-25(16-26)15-24-11-9-22(5)10-12-24)34(43)31-29(27)18-39(7)19-40(8)32(21(3)4)35(44)30(23(6)42)37(46)41(40,48)38(47)33(39)36(31)45/h13-14,17,20-22,24,32,43,45-46,48H,9-12,15-16,18-19H2,1-8H3/t22?,24?,32?,39-,40-,41+/m1/s1. The molecular weight excluding hydrogens is 604 g/mol. The number of aliphatic hydroxyl groups is 3. The minimum absolute atomic E-state index is 0.0336. The number of rotatable bonds is 6. The number of aliphatic hydroxyl groups excluding tert-OH is 2. The van der Waals surface area contributed by atoms with Gasteiger partial charge in [-0.15, -0.1) is 0 Å². The van der Waals surface area contributed by atoms with Crippen molar-refractivity contribution in [3.05, 3.63) is 63.0 Å². The number of Topliss-reactive ketones (excluding diaryl/α,β-unsaturated/α-hetero) is 3. The number of phenolic OH excluding ortho intramolecular Hbond substituents is 1. The summed E-state index contributed by atoms with van der Waals surface area (Å²) in [6.07, 6.45) is 11.3. The molecule has 5 aliphatic rings. The maximum absolute atomic E-state index is 14.7. The van der Waals surface area contributed by atoms with Crippen molar-refractivity contribution in [2.75, 3.05) is 0 Å². The number of hydrogen-bond acceptors (Lipinski definition) is 7. The number of benzene rings is 1. The van der Waals surface area contributed by atoms with Crippen molar-refractivity contribution in [2.45, 2.75) is 118 Å². The molecule has 4 atom stereocenters. The Balaban J connectivity index is 1.47. The van der Waals surface area contributed by atoms with Gasteiger partial charge in [0.1, 0.15) is 22.8 Å². The molecule has 5 aliphatic carbocycles. The first-order chi connectivity index (χ1) is 22.4. The van der Waals surface area contributed by atoms with Crippen LogP contribution in [0.1, 0.15) is 129 Å². The van der Waals surface area contributed by atoms with Gasteiger partial charge in [0.25, 0.3) is 0 Å². The number of aromatic hydroxyl groups is 1. The highest BCUT2D eigenvalue weighted by Crippen LogP contribution is 2.65. The highest BCUT2D eigenvalue weighted by atomic mass is 16.3. The van der Waals surface area contributed by atoms with Gasteiger partial charge in [-0.1, -0.05) is 79.0 Å². The topological polar surface area (TPSA) is 132 Å². The van der Waals surface area contributed by atoms with E-state index in [-0.39, 0.29) is 41.6 Å². The van der Waals surface area contributed by atoms with Crippen molar-refractivity contribution < 1.29 is 34.8 Å². The molecule has 258 valence electrons. The zero-order chi connectivity index (χ0) is 35.2. The average Bonchev–Trinajstić information content (AvgIpc) is 3.43. The van der Waals surface area contributed by atoms with E-state index < -0.39 is 56.8 Å². The number of carbonyl (C=O) groups is 3. The molecule has 0 aliphatic heterocycles. The molecular formula is C41H52O7. The quantitative estimate of drug-likeness (QED) is 0.227. The molecule has 0 heterocycles. The normalized spacial score (nSPS) is 33.5. The number of hydrogen-bond donors (Lipinski definition) is 4. The van der Waals surface area contributed by atoms with E-state index >= 15 is 0 Å². The molecule has 0 amide bonds. The SMILES string of the molecule is CC(=O)C1=C(O)[C@]2(O)C(=O)C3=C(O)c4c(O)c(C5=CC=C(CC6CCC(C)CC6)C5)cc(C(C)C)c4C[C@]3(C)C[C@]2(C)C(C(C)C)C1=O. The van der Waals surface area contributed by atoms with Crippen LogP contribution in [-0.2, 0) is 20.8 Å². The summed E-state index contributed by atoms with van der Waals surface area (Å²) in [6, 6.07) is 2.03. The molecule has 0 spiro atoms. The first-order valence-electron chi connectivity index (χ1n) is 17.8. The summed E-state index contributed by atoms with van der Waals surface area (Å²) >= 11 is 0. The minimum Gasteiger partial charge on any atom is -0.508 e. The third-order valence-electron chi connectivity index (χ3n) is 12.6. The van der Waals surface area contributed by atoms with E-state index in [1.54, 1.807) is 6.92 Å². The molecule has 48 heavy (non-hydrogen) atoms. The first kappa shape index (κ1) is 34.4. The number of phenols is 1. The number of allylic oxidation sites excluding steroid dienone is 5. The smallest absolute Gasteiger partial charge is 0.203 e. The fraction of sp³-hybridized carbons (Fsp3) is 0.585.